The van der Waals surface area contributed by atoms with Crippen molar-refractivity contribution in [2.24, 2.45) is 11.7 Å². The number of aliphatic hydroxyl groups is 12. The summed E-state index contributed by atoms with van der Waals surface area (Å²) in [6, 6.07) is 0. The molecule has 18 atom stereocenters. The van der Waals surface area contributed by atoms with Crippen LogP contribution in [0.2, 0.25) is 0 Å². The number of nitrogens with two attached hydrogens (primary N) is 1. The Labute approximate surface area is 342 Å². The van der Waals surface area contributed by atoms with Gasteiger partial charge < -0.3 is 81.2 Å². The number of ketones is 1. The van der Waals surface area contributed by atoms with Gasteiger partial charge in [0.05, 0.1) is 73.2 Å². The molecule has 0 saturated carbocycles. The Bertz CT molecular complexity index is 1220. The van der Waals surface area contributed by atoms with Crippen molar-refractivity contribution in [3.8, 4) is 0 Å². The highest BCUT2D eigenvalue weighted by molar-refractivity contribution is 5.81. The van der Waals surface area contributed by atoms with E-state index < -0.39 is 116 Å². The van der Waals surface area contributed by atoms with E-state index in [-0.39, 0.29) is 64.2 Å². The zero-order chi connectivity index (χ0) is 43.5. The van der Waals surface area contributed by atoms with Gasteiger partial charge in [0, 0.05) is 31.6 Å². The van der Waals surface area contributed by atoms with Crippen molar-refractivity contribution in [2.75, 3.05) is 6.54 Å². The molecule has 14 N–H and O–H groups in total. The number of epoxide rings is 1. The lowest BCUT2D eigenvalue weighted by molar-refractivity contribution is -0.306. The van der Waals surface area contributed by atoms with E-state index in [4.69, 9.17) is 19.9 Å². The van der Waals surface area contributed by atoms with Gasteiger partial charge in [0.1, 0.15) is 30.2 Å². The fourth-order valence-corrected chi connectivity index (χ4v) is 7.11. The molecule has 338 valence electrons. The van der Waals surface area contributed by atoms with E-state index in [2.05, 4.69) is 0 Å². The third kappa shape index (κ3) is 19.8. The average Bonchev–Trinajstić information content (AvgIpc) is 3.91. The number of hydrogen-bond donors (Lipinski definition) is 13. The molecule has 0 aliphatic carbocycles. The van der Waals surface area contributed by atoms with Gasteiger partial charge in [-0.1, -0.05) is 43.4 Å². The second-order valence-corrected chi connectivity index (χ2v) is 16.1. The lowest BCUT2D eigenvalue weighted by atomic mass is 9.91. The monoisotopic (exact) mass is 835 g/mol. The zero-order valence-corrected chi connectivity index (χ0v) is 34.1. The summed E-state index contributed by atoms with van der Waals surface area (Å²) in [7, 11) is 0. The van der Waals surface area contributed by atoms with Crippen LogP contribution in [0, 0.1) is 5.92 Å². The molecule has 0 aromatic rings. The van der Waals surface area contributed by atoms with Gasteiger partial charge in [-0.3, -0.25) is 4.79 Å². The minimum absolute atomic E-state index is 0.0489. The Morgan fingerprint density at radius 3 is 2.02 bits per heavy atom. The Morgan fingerprint density at radius 2 is 1.34 bits per heavy atom. The fourth-order valence-electron chi connectivity index (χ4n) is 7.11. The van der Waals surface area contributed by atoms with Crippen LogP contribution in [0.25, 0.3) is 0 Å². The number of aliphatic hydroxyl groups excluding tert-OH is 12. The second-order valence-electron chi connectivity index (χ2n) is 16.1. The van der Waals surface area contributed by atoms with Gasteiger partial charge >= 0.3 is 0 Å². The zero-order valence-electron chi connectivity index (χ0n) is 34.1. The number of ether oxygens (including phenoxy) is 3. The highest BCUT2D eigenvalue weighted by Crippen LogP contribution is 2.33. The van der Waals surface area contributed by atoms with Crippen molar-refractivity contribution in [3.05, 3.63) is 36.5 Å². The van der Waals surface area contributed by atoms with Gasteiger partial charge in [0.2, 0.25) is 0 Å². The predicted octanol–water partition coefficient (Wildman–Crippen LogP) is -1.25. The molecule has 2 aliphatic heterocycles. The summed E-state index contributed by atoms with van der Waals surface area (Å²) in [5.74, 6) is -1.20. The predicted molar refractivity (Wildman–Crippen MR) is 212 cm³/mol. The molecule has 0 spiro atoms. The molecule has 0 aromatic heterocycles. The molecular formula is C41H73NO16. The lowest BCUT2D eigenvalue weighted by Crippen LogP contribution is -2.58. The maximum atomic E-state index is 13.2. The Balaban J connectivity index is 1.72. The van der Waals surface area contributed by atoms with Gasteiger partial charge in [-0.25, -0.2) is 0 Å². The second kappa shape index (κ2) is 27.2. The van der Waals surface area contributed by atoms with E-state index in [1.54, 1.807) is 25.2 Å². The normalized spacial score (nSPS) is 29.8. The molecule has 58 heavy (non-hydrogen) atoms. The van der Waals surface area contributed by atoms with Crippen LogP contribution in [0.15, 0.2) is 36.5 Å². The van der Waals surface area contributed by atoms with E-state index in [1.807, 2.05) is 13.0 Å². The van der Waals surface area contributed by atoms with Gasteiger partial charge in [-0.2, -0.15) is 0 Å². The summed E-state index contributed by atoms with van der Waals surface area (Å²) in [5.41, 5.74) is 5.43. The molecule has 2 fully saturated rings. The van der Waals surface area contributed by atoms with E-state index >= 15 is 0 Å². The summed E-state index contributed by atoms with van der Waals surface area (Å²) >= 11 is 0. The standard InChI is InChI=1S/C41H73NO16/c1-4-5-6-7-13-35(58-41-39(55)38(54)37(53)24(3)56-41)23(2)33(51)20-30(48)18-28(46)15-25(43)10-8-11-26(44)16-29(47)19-31(49)21-34(52)40-36(57-40)22-32(50)17-27(45)12-9-14-42/h4-8,10,23-32,34-41,43-50,52-55H,9,11-22,42H2,1-3H3/b5-4+,7-6+,10-8+. The topological polar surface area (TPSA) is 317 Å². The van der Waals surface area contributed by atoms with Crippen LogP contribution in [0.4, 0.5) is 0 Å². The highest BCUT2D eigenvalue weighted by Gasteiger charge is 2.46. The van der Waals surface area contributed by atoms with Gasteiger partial charge in [0.25, 0.3) is 0 Å². The maximum absolute atomic E-state index is 13.2. The number of rotatable bonds is 30. The first-order valence-electron chi connectivity index (χ1n) is 20.7. The van der Waals surface area contributed by atoms with Gasteiger partial charge in [0.15, 0.2) is 6.29 Å². The molecule has 0 bridgehead atoms. The van der Waals surface area contributed by atoms with Gasteiger partial charge in [-0.05, 0) is 71.8 Å². The van der Waals surface area contributed by atoms with Crippen molar-refractivity contribution < 1.29 is 80.3 Å². The third-order valence-corrected chi connectivity index (χ3v) is 10.6. The van der Waals surface area contributed by atoms with E-state index in [1.165, 1.54) is 19.1 Å². The van der Waals surface area contributed by atoms with Crippen LogP contribution in [-0.2, 0) is 19.0 Å². The minimum atomic E-state index is -1.57. The Hall–Kier alpha value is -1.75. The number of hydrogen-bond acceptors (Lipinski definition) is 17. The lowest BCUT2D eigenvalue weighted by Gasteiger charge is -2.41. The van der Waals surface area contributed by atoms with Crippen LogP contribution in [0.3, 0.4) is 0 Å². The molecule has 2 rings (SSSR count). The van der Waals surface area contributed by atoms with Crippen LogP contribution < -0.4 is 5.73 Å². The van der Waals surface area contributed by atoms with Crippen LogP contribution in [-0.4, -0.2) is 178 Å². The summed E-state index contributed by atoms with van der Waals surface area (Å²) < 4.78 is 16.9. The molecule has 17 nitrogen and oxygen atoms in total. The van der Waals surface area contributed by atoms with E-state index in [0.29, 0.717) is 19.4 Å². The molecule has 2 heterocycles. The van der Waals surface area contributed by atoms with Crippen LogP contribution >= 0.6 is 0 Å². The maximum Gasteiger partial charge on any atom is 0.186 e. The Kier molecular flexibility index (Phi) is 24.6. The quantitative estimate of drug-likeness (QED) is 0.0228. The molecular weight excluding hydrogens is 762 g/mol. The minimum Gasteiger partial charge on any atom is -0.393 e. The summed E-state index contributed by atoms with van der Waals surface area (Å²) in [4.78, 5) is 13.2. The third-order valence-electron chi connectivity index (χ3n) is 10.6. The number of Topliss-reactive ketones (excluding diaryl/α,β-unsaturated/α-hetero) is 1. The molecule has 0 amide bonds. The molecule has 18 unspecified atom stereocenters. The largest absolute Gasteiger partial charge is 0.393 e. The summed E-state index contributed by atoms with van der Waals surface area (Å²) in [5, 5.41) is 124. The van der Waals surface area contributed by atoms with Crippen molar-refractivity contribution in [2.45, 2.75) is 202 Å². The van der Waals surface area contributed by atoms with Gasteiger partial charge in [-0.15, -0.1) is 0 Å². The smallest absolute Gasteiger partial charge is 0.186 e. The summed E-state index contributed by atoms with van der Waals surface area (Å²) in [6.07, 6.45) is -6.96. The van der Waals surface area contributed by atoms with E-state index in [9.17, 15) is 66.1 Å². The first-order chi connectivity index (χ1) is 27.4. The summed E-state index contributed by atoms with van der Waals surface area (Å²) in [6.45, 7) is 5.39. The van der Waals surface area contributed by atoms with Crippen molar-refractivity contribution in [1.82, 2.24) is 0 Å². The number of carbonyl (C=O) groups is 1. The molecule has 0 aromatic carbocycles. The first kappa shape index (κ1) is 52.4. The highest BCUT2D eigenvalue weighted by atomic mass is 16.7. The molecule has 2 saturated heterocycles. The van der Waals surface area contributed by atoms with Crippen LogP contribution in [0.1, 0.15) is 97.8 Å². The van der Waals surface area contributed by atoms with Crippen molar-refractivity contribution >= 4 is 5.78 Å². The first-order valence-corrected chi connectivity index (χ1v) is 20.7. The molecule has 17 heteroatoms. The molecule has 2 aliphatic rings. The molecule has 0 radical (unpaired) electrons. The SMILES string of the molecule is C/C=C/C=C/CC(OC1OC(C)C(O)C(O)C1O)C(C)C(=O)CC(O)CC(O)CC(O)/C=C/CC(O)CC(O)CC(O)CC(O)C1OC1CC(O)CC(O)CCCN. The van der Waals surface area contributed by atoms with Crippen molar-refractivity contribution in [1.29, 1.82) is 0 Å². The Morgan fingerprint density at radius 1 is 0.724 bits per heavy atom. The van der Waals surface area contributed by atoms with Crippen LogP contribution in [0.5, 0.6) is 0 Å². The fraction of sp³-hybridized carbons (Fsp3) is 0.829. The van der Waals surface area contributed by atoms with E-state index in [0.717, 1.165) is 0 Å². The number of carbonyl (C=O) groups excluding carboxylic acids is 1. The van der Waals surface area contributed by atoms with Crippen molar-refractivity contribution in [3.63, 3.8) is 0 Å². The number of allylic oxidation sites excluding steroid dienone is 3. The average molecular weight is 836 g/mol.